The van der Waals surface area contributed by atoms with E-state index in [0.29, 0.717) is 5.57 Å². The summed E-state index contributed by atoms with van der Waals surface area (Å²) in [4.78, 5) is 14.8. The number of rotatable bonds is 4. The van der Waals surface area contributed by atoms with Gasteiger partial charge in [0.1, 0.15) is 0 Å². The van der Waals surface area contributed by atoms with E-state index in [-0.39, 0.29) is 0 Å². The average molecular weight is 245 g/mol. The van der Waals surface area contributed by atoms with Gasteiger partial charge in [-0.3, -0.25) is 0 Å². The monoisotopic (exact) mass is 245 g/mol. The summed E-state index contributed by atoms with van der Waals surface area (Å²) in [6.45, 7) is 2.31. The number of hydrogen-bond acceptors (Lipinski definition) is 2. The zero-order chi connectivity index (χ0) is 13.1. The SMILES string of the molecule is C/C(=C/c1ccc(Cn2ccnc2)n1C)C(=O)O. The zero-order valence-corrected chi connectivity index (χ0v) is 10.4. The molecule has 0 fully saturated rings. The molecular formula is C13H15N3O2. The molecule has 2 aromatic rings. The van der Waals surface area contributed by atoms with Crippen LogP contribution in [0.1, 0.15) is 18.3 Å². The number of carboxylic acid groups (broad SMARTS) is 1. The molecule has 0 bridgehead atoms. The number of hydrogen-bond donors (Lipinski definition) is 1. The molecule has 0 aliphatic carbocycles. The highest BCUT2D eigenvalue weighted by molar-refractivity contribution is 5.91. The van der Waals surface area contributed by atoms with Crippen LogP contribution in [0.15, 0.2) is 36.4 Å². The predicted molar refractivity (Wildman–Crippen MR) is 68.0 cm³/mol. The number of aromatic nitrogens is 3. The predicted octanol–water partition coefficient (Wildman–Crippen LogP) is 1.76. The molecule has 2 aromatic heterocycles. The molecule has 18 heavy (non-hydrogen) atoms. The Morgan fingerprint density at radius 2 is 2.28 bits per heavy atom. The first-order valence-corrected chi connectivity index (χ1v) is 5.60. The second kappa shape index (κ2) is 4.91. The number of carboxylic acids is 1. The molecule has 0 spiro atoms. The standard InChI is InChI=1S/C13H15N3O2/c1-10(13(17)18)7-11-3-4-12(15(11)2)8-16-6-5-14-9-16/h3-7,9H,8H2,1-2H3,(H,17,18)/b10-7-. The van der Waals surface area contributed by atoms with Gasteiger partial charge < -0.3 is 14.2 Å². The normalized spacial score (nSPS) is 11.8. The number of imidazole rings is 1. The molecule has 0 aromatic carbocycles. The maximum atomic E-state index is 10.8. The molecule has 5 heteroatoms. The van der Waals surface area contributed by atoms with Crippen LogP contribution in [0.25, 0.3) is 6.08 Å². The van der Waals surface area contributed by atoms with E-state index < -0.39 is 5.97 Å². The minimum absolute atomic E-state index is 0.324. The molecule has 0 saturated heterocycles. The minimum atomic E-state index is -0.896. The van der Waals surface area contributed by atoms with Crippen LogP contribution in [0, 0.1) is 0 Å². The van der Waals surface area contributed by atoms with Crippen LogP contribution in [-0.2, 0) is 18.4 Å². The van der Waals surface area contributed by atoms with Gasteiger partial charge in [0.05, 0.1) is 12.9 Å². The Bertz CT molecular complexity index is 579. The van der Waals surface area contributed by atoms with Gasteiger partial charge in [-0.25, -0.2) is 9.78 Å². The van der Waals surface area contributed by atoms with Crippen molar-refractivity contribution in [2.45, 2.75) is 13.5 Å². The summed E-state index contributed by atoms with van der Waals surface area (Å²) in [5.74, 6) is -0.896. The Hall–Kier alpha value is -2.30. The third-order valence-electron chi connectivity index (χ3n) is 2.87. The molecule has 0 aliphatic heterocycles. The van der Waals surface area contributed by atoms with E-state index in [4.69, 9.17) is 5.11 Å². The molecule has 0 radical (unpaired) electrons. The van der Waals surface area contributed by atoms with Crippen molar-refractivity contribution in [3.8, 4) is 0 Å². The van der Waals surface area contributed by atoms with Crippen molar-refractivity contribution in [3.63, 3.8) is 0 Å². The van der Waals surface area contributed by atoms with Gasteiger partial charge in [-0.2, -0.15) is 0 Å². The molecule has 1 N–H and O–H groups in total. The smallest absolute Gasteiger partial charge is 0.331 e. The summed E-state index contributed by atoms with van der Waals surface area (Å²) in [6.07, 6.45) is 7.05. The lowest BCUT2D eigenvalue weighted by molar-refractivity contribution is -0.132. The fourth-order valence-electron chi connectivity index (χ4n) is 1.73. The van der Waals surface area contributed by atoms with E-state index in [9.17, 15) is 4.79 Å². The molecule has 0 unspecified atom stereocenters. The summed E-state index contributed by atoms with van der Waals surface area (Å²) in [5, 5.41) is 8.86. The third kappa shape index (κ3) is 2.51. The summed E-state index contributed by atoms with van der Waals surface area (Å²) < 4.78 is 3.94. The largest absolute Gasteiger partial charge is 0.478 e. The van der Waals surface area contributed by atoms with Gasteiger partial charge in [0.15, 0.2) is 0 Å². The van der Waals surface area contributed by atoms with E-state index in [2.05, 4.69) is 4.98 Å². The second-order valence-electron chi connectivity index (χ2n) is 4.18. The zero-order valence-electron chi connectivity index (χ0n) is 10.4. The maximum absolute atomic E-state index is 10.8. The van der Waals surface area contributed by atoms with E-state index in [0.717, 1.165) is 17.9 Å². The third-order valence-corrected chi connectivity index (χ3v) is 2.87. The fourth-order valence-corrected chi connectivity index (χ4v) is 1.73. The van der Waals surface area contributed by atoms with Crippen LogP contribution < -0.4 is 0 Å². The molecular weight excluding hydrogens is 230 g/mol. The summed E-state index contributed by atoms with van der Waals surface area (Å²) in [6, 6.07) is 3.90. The first kappa shape index (κ1) is 12.2. The second-order valence-corrected chi connectivity index (χ2v) is 4.18. The van der Waals surface area contributed by atoms with Gasteiger partial charge in [0.2, 0.25) is 0 Å². The van der Waals surface area contributed by atoms with Crippen molar-refractivity contribution in [2.24, 2.45) is 7.05 Å². The van der Waals surface area contributed by atoms with Crippen LogP contribution in [0.5, 0.6) is 0 Å². The molecule has 5 nitrogen and oxygen atoms in total. The highest BCUT2D eigenvalue weighted by atomic mass is 16.4. The van der Waals surface area contributed by atoms with Crippen molar-refractivity contribution in [1.82, 2.24) is 14.1 Å². The Labute approximate surface area is 105 Å². The number of aliphatic carboxylic acids is 1. The number of carbonyl (C=O) groups is 1. The van der Waals surface area contributed by atoms with Gasteiger partial charge in [-0.05, 0) is 25.1 Å². The van der Waals surface area contributed by atoms with Crippen LogP contribution >= 0.6 is 0 Å². The van der Waals surface area contributed by atoms with Crippen LogP contribution in [-0.4, -0.2) is 25.2 Å². The van der Waals surface area contributed by atoms with E-state index in [1.807, 2.05) is 34.5 Å². The molecule has 2 heterocycles. The molecule has 0 amide bonds. The maximum Gasteiger partial charge on any atom is 0.331 e. The van der Waals surface area contributed by atoms with Crippen molar-refractivity contribution in [1.29, 1.82) is 0 Å². The minimum Gasteiger partial charge on any atom is -0.478 e. The molecule has 0 atom stereocenters. The number of nitrogens with zero attached hydrogens (tertiary/aromatic N) is 3. The van der Waals surface area contributed by atoms with Crippen molar-refractivity contribution in [3.05, 3.63) is 47.8 Å². The van der Waals surface area contributed by atoms with E-state index in [1.165, 1.54) is 0 Å². The fraction of sp³-hybridized carbons (Fsp3) is 0.231. The van der Waals surface area contributed by atoms with E-state index in [1.54, 1.807) is 25.5 Å². The molecule has 0 aliphatic rings. The lowest BCUT2D eigenvalue weighted by Gasteiger charge is -2.06. The Balaban J connectivity index is 2.24. The Kier molecular flexibility index (Phi) is 3.32. The average Bonchev–Trinajstić information content (AvgIpc) is 2.94. The van der Waals surface area contributed by atoms with Gasteiger partial charge in [-0.1, -0.05) is 0 Å². The molecule has 94 valence electrons. The first-order chi connectivity index (χ1) is 8.58. The highest BCUT2D eigenvalue weighted by Gasteiger charge is 2.06. The van der Waals surface area contributed by atoms with Crippen LogP contribution in [0.4, 0.5) is 0 Å². The lowest BCUT2D eigenvalue weighted by atomic mass is 10.2. The summed E-state index contributed by atoms with van der Waals surface area (Å²) in [5.41, 5.74) is 2.30. The van der Waals surface area contributed by atoms with Crippen LogP contribution in [0.2, 0.25) is 0 Å². The first-order valence-electron chi connectivity index (χ1n) is 5.60. The molecule has 2 rings (SSSR count). The van der Waals surface area contributed by atoms with Crippen LogP contribution in [0.3, 0.4) is 0 Å². The van der Waals surface area contributed by atoms with Crippen molar-refractivity contribution < 1.29 is 9.90 Å². The highest BCUT2D eigenvalue weighted by Crippen LogP contribution is 2.12. The lowest BCUT2D eigenvalue weighted by Crippen LogP contribution is -2.04. The Morgan fingerprint density at radius 3 is 2.89 bits per heavy atom. The van der Waals surface area contributed by atoms with E-state index >= 15 is 0 Å². The Morgan fingerprint density at radius 1 is 1.50 bits per heavy atom. The van der Waals surface area contributed by atoms with Gasteiger partial charge in [-0.15, -0.1) is 0 Å². The summed E-state index contributed by atoms with van der Waals surface area (Å²) >= 11 is 0. The van der Waals surface area contributed by atoms with Crippen molar-refractivity contribution in [2.75, 3.05) is 0 Å². The summed E-state index contributed by atoms with van der Waals surface area (Å²) in [7, 11) is 1.92. The topological polar surface area (TPSA) is 60.0 Å². The van der Waals surface area contributed by atoms with Crippen molar-refractivity contribution >= 4 is 12.0 Å². The van der Waals surface area contributed by atoms with Gasteiger partial charge in [0, 0.05) is 36.4 Å². The molecule has 0 saturated carbocycles. The van der Waals surface area contributed by atoms with Gasteiger partial charge >= 0.3 is 5.97 Å². The quantitative estimate of drug-likeness (QED) is 0.835. The van der Waals surface area contributed by atoms with Gasteiger partial charge in [0.25, 0.3) is 0 Å².